The maximum absolute atomic E-state index is 6.17. The van der Waals surface area contributed by atoms with Crippen LogP contribution < -0.4 is 5.73 Å². The summed E-state index contributed by atoms with van der Waals surface area (Å²) in [5.41, 5.74) is 6.25. The molecule has 112 valence electrons. The first-order valence-electron chi connectivity index (χ1n) is 7.56. The van der Waals surface area contributed by atoms with E-state index in [0.29, 0.717) is 6.10 Å². The molecular formula is C15H30N2O2. The maximum atomic E-state index is 6.17. The first-order chi connectivity index (χ1) is 8.91. The lowest BCUT2D eigenvalue weighted by Gasteiger charge is -2.53. The maximum Gasteiger partial charge on any atom is 0.0757 e. The lowest BCUT2D eigenvalue weighted by molar-refractivity contribution is -0.160. The molecule has 1 aliphatic carbocycles. The van der Waals surface area contributed by atoms with Crippen LogP contribution in [0.2, 0.25) is 0 Å². The molecule has 2 fully saturated rings. The number of hydrogen-bond acceptors (Lipinski definition) is 4. The zero-order valence-electron chi connectivity index (χ0n) is 12.9. The molecule has 1 heterocycles. The molecule has 0 aromatic carbocycles. The van der Waals surface area contributed by atoms with Gasteiger partial charge in [-0.2, -0.15) is 0 Å². The molecule has 1 aliphatic heterocycles. The molecule has 0 aromatic rings. The Bertz CT molecular complexity index is 299. The predicted molar refractivity (Wildman–Crippen MR) is 77.2 cm³/mol. The summed E-state index contributed by atoms with van der Waals surface area (Å²) in [7, 11) is 1.82. The molecule has 0 aromatic heterocycles. The van der Waals surface area contributed by atoms with Crippen molar-refractivity contribution in [2.75, 3.05) is 26.7 Å². The monoisotopic (exact) mass is 270 g/mol. The summed E-state index contributed by atoms with van der Waals surface area (Å²) >= 11 is 0. The highest BCUT2D eigenvalue weighted by molar-refractivity contribution is 5.00. The standard InChI is InChI=1S/C15H30N2O2/c1-12-9-17(11-14(2,3)19-12)15(10-16)7-5-13(18-4)6-8-15/h12-13H,5-11,16H2,1-4H3. The summed E-state index contributed by atoms with van der Waals surface area (Å²) in [6.07, 6.45) is 5.24. The predicted octanol–water partition coefficient (Wildman–Crippen LogP) is 1.77. The minimum Gasteiger partial charge on any atom is -0.381 e. The third-order valence-electron chi connectivity index (χ3n) is 4.82. The van der Waals surface area contributed by atoms with Gasteiger partial charge in [0.05, 0.1) is 17.8 Å². The van der Waals surface area contributed by atoms with Gasteiger partial charge in [0.25, 0.3) is 0 Å². The van der Waals surface area contributed by atoms with Gasteiger partial charge in [-0.3, -0.25) is 4.90 Å². The Hall–Kier alpha value is -0.160. The highest BCUT2D eigenvalue weighted by atomic mass is 16.5. The van der Waals surface area contributed by atoms with Crippen molar-refractivity contribution >= 4 is 0 Å². The number of methoxy groups -OCH3 is 1. The Labute approximate surface area is 117 Å². The summed E-state index contributed by atoms with van der Waals surface area (Å²) in [6, 6.07) is 0. The van der Waals surface area contributed by atoms with Gasteiger partial charge in [-0.1, -0.05) is 0 Å². The van der Waals surface area contributed by atoms with Crippen LogP contribution in [0.4, 0.5) is 0 Å². The Morgan fingerprint density at radius 1 is 1.32 bits per heavy atom. The first-order valence-corrected chi connectivity index (χ1v) is 7.56. The normalized spacial score (nSPS) is 40.3. The van der Waals surface area contributed by atoms with Crippen LogP contribution in [0.25, 0.3) is 0 Å². The van der Waals surface area contributed by atoms with Crippen molar-refractivity contribution < 1.29 is 9.47 Å². The molecule has 4 nitrogen and oxygen atoms in total. The quantitative estimate of drug-likeness (QED) is 0.849. The highest BCUT2D eigenvalue weighted by Crippen LogP contribution is 2.37. The van der Waals surface area contributed by atoms with Crippen molar-refractivity contribution in [2.45, 2.75) is 69.8 Å². The van der Waals surface area contributed by atoms with Gasteiger partial charge in [0.2, 0.25) is 0 Å². The molecule has 0 radical (unpaired) electrons. The van der Waals surface area contributed by atoms with E-state index in [1.54, 1.807) is 0 Å². The second-order valence-corrected chi connectivity index (χ2v) is 6.93. The average molecular weight is 270 g/mol. The summed E-state index contributed by atoms with van der Waals surface area (Å²) < 4.78 is 11.5. The van der Waals surface area contributed by atoms with Gasteiger partial charge in [-0.15, -0.1) is 0 Å². The van der Waals surface area contributed by atoms with E-state index in [4.69, 9.17) is 15.2 Å². The summed E-state index contributed by atoms with van der Waals surface area (Å²) in [4.78, 5) is 2.59. The van der Waals surface area contributed by atoms with E-state index >= 15 is 0 Å². The molecule has 2 aliphatic rings. The molecule has 0 amide bonds. The average Bonchev–Trinajstić information content (AvgIpc) is 2.36. The lowest BCUT2D eigenvalue weighted by atomic mass is 9.78. The van der Waals surface area contributed by atoms with Crippen LogP contribution in [0, 0.1) is 0 Å². The largest absolute Gasteiger partial charge is 0.381 e. The Kier molecular flexibility index (Phi) is 4.56. The zero-order chi connectivity index (χ0) is 14.1. The lowest BCUT2D eigenvalue weighted by Crippen LogP contribution is -2.64. The second kappa shape index (κ2) is 5.68. The fourth-order valence-electron chi connectivity index (χ4n) is 3.83. The van der Waals surface area contributed by atoms with Crippen molar-refractivity contribution in [3.63, 3.8) is 0 Å². The third kappa shape index (κ3) is 3.30. The van der Waals surface area contributed by atoms with Crippen molar-refractivity contribution in [1.82, 2.24) is 4.90 Å². The summed E-state index contributed by atoms with van der Waals surface area (Å²) in [5, 5.41) is 0. The van der Waals surface area contributed by atoms with Gasteiger partial charge in [-0.05, 0) is 46.5 Å². The van der Waals surface area contributed by atoms with Crippen LogP contribution in [-0.2, 0) is 9.47 Å². The minimum atomic E-state index is -0.0715. The molecule has 2 rings (SSSR count). The SMILES string of the molecule is COC1CCC(CN)(N2CC(C)OC(C)(C)C2)CC1. The van der Waals surface area contributed by atoms with Gasteiger partial charge >= 0.3 is 0 Å². The minimum absolute atomic E-state index is 0.0715. The third-order valence-corrected chi connectivity index (χ3v) is 4.82. The van der Waals surface area contributed by atoms with Crippen molar-refractivity contribution in [3.8, 4) is 0 Å². The molecule has 0 spiro atoms. The van der Waals surface area contributed by atoms with Crippen LogP contribution in [0.15, 0.2) is 0 Å². The molecule has 0 bridgehead atoms. The van der Waals surface area contributed by atoms with Gasteiger partial charge < -0.3 is 15.2 Å². The molecule has 1 atom stereocenters. The topological polar surface area (TPSA) is 47.7 Å². The zero-order valence-corrected chi connectivity index (χ0v) is 12.9. The van der Waals surface area contributed by atoms with E-state index in [1.807, 2.05) is 7.11 Å². The molecule has 1 saturated heterocycles. The van der Waals surface area contributed by atoms with Crippen molar-refractivity contribution in [3.05, 3.63) is 0 Å². The molecule has 19 heavy (non-hydrogen) atoms. The van der Waals surface area contributed by atoms with Crippen LogP contribution >= 0.6 is 0 Å². The molecule has 2 N–H and O–H groups in total. The number of nitrogens with zero attached hydrogens (tertiary/aromatic N) is 1. The molecule has 1 unspecified atom stereocenters. The van der Waals surface area contributed by atoms with Gasteiger partial charge in [0, 0.05) is 32.3 Å². The van der Waals surface area contributed by atoms with E-state index in [2.05, 4.69) is 25.7 Å². The molecular weight excluding hydrogens is 240 g/mol. The van der Waals surface area contributed by atoms with E-state index < -0.39 is 0 Å². The van der Waals surface area contributed by atoms with Crippen LogP contribution in [0.5, 0.6) is 0 Å². The van der Waals surface area contributed by atoms with E-state index in [0.717, 1.165) is 45.3 Å². The fraction of sp³-hybridized carbons (Fsp3) is 1.00. The van der Waals surface area contributed by atoms with E-state index in [-0.39, 0.29) is 17.2 Å². The van der Waals surface area contributed by atoms with Gasteiger partial charge in [0.15, 0.2) is 0 Å². The number of hydrogen-bond donors (Lipinski definition) is 1. The Morgan fingerprint density at radius 2 is 1.95 bits per heavy atom. The number of morpholine rings is 1. The van der Waals surface area contributed by atoms with Crippen LogP contribution in [0.1, 0.15) is 46.5 Å². The molecule has 4 heteroatoms. The smallest absolute Gasteiger partial charge is 0.0757 e. The van der Waals surface area contributed by atoms with Gasteiger partial charge in [-0.25, -0.2) is 0 Å². The van der Waals surface area contributed by atoms with E-state index in [1.165, 1.54) is 0 Å². The Morgan fingerprint density at radius 3 is 2.42 bits per heavy atom. The number of nitrogens with two attached hydrogens (primary N) is 1. The fourth-order valence-corrected chi connectivity index (χ4v) is 3.83. The summed E-state index contributed by atoms with van der Waals surface area (Å²) in [5.74, 6) is 0. The van der Waals surface area contributed by atoms with E-state index in [9.17, 15) is 0 Å². The highest BCUT2D eigenvalue weighted by Gasteiger charge is 2.44. The summed E-state index contributed by atoms with van der Waals surface area (Å²) in [6.45, 7) is 9.25. The molecule has 1 saturated carbocycles. The van der Waals surface area contributed by atoms with Crippen LogP contribution in [0.3, 0.4) is 0 Å². The second-order valence-electron chi connectivity index (χ2n) is 6.93. The van der Waals surface area contributed by atoms with Crippen molar-refractivity contribution in [1.29, 1.82) is 0 Å². The Balaban J connectivity index is 2.08. The van der Waals surface area contributed by atoms with Crippen molar-refractivity contribution in [2.24, 2.45) is 5.73 Å². The van der Waals surface area contributed by atoms with Crippen LogP contribution in [-0.4, -0.2) is 55.0 Å². The number of ether oxygens (including phenoxy) is 2. The first kappa shape index (κ1) is 15.2. The number of rotatable bonds is 3. The van der Waals surface area contributed by atoms with Gasteiger partial charge in [0.1, 0.15) is 0 Å².